The topological polar surface area (TPSA) is 126 Å². The lowest BCUT2D eigenvalue weighted by molar-refractivity contribution is -0.144. The highest BCUT2D eigenvalue weighted by atomic mass is 31.2. The molecule has 2 heterocycles. The summed E-state index contributed by atoms with van der Waals surface area (Å²) in [5, 5.41) is 21.4. The molecule has 2 amide bonds. The van der Waals surface area contributed by atoms with Gasteiger partial charge in [0.25, 0.3) is 0 Å². The molecule has 3 aliphatic rings. The summed E-state index contributed by atoms with van der Waals surface area (Å²) in [6.07, 6.45) is 3.00. The Kier molecular flexibility index (Phi) is 9.89. The minimum absolute atomic E-state index is 0.0392. The molecule has 2 unspecified atom stereocenters. The number of hydrogen-bond donors (Lipinski definition) is 2. The first-order valence-corrected chi connectivity index (χ1v) is 18.4. The largest absolute Gasteiger partial charge is 0.516 e. The molecule has 2 aliphatic heterocycles. The quantitative estimate of drug-likeness (QED) is 0.224. The summed E-state index contributed by atoms with van der Waals surface area (Å²) >= 11 is 0. The van der Waals surface area contributed by atoms with E-state index in [0.29, 0.717) is 12.0 Å². The summed E-state index contributed by atoms with van der Waals surface area (Å²) in [5.74, 6) is -1.58. The summed E-state index contributed by atoms with van der Waals surface area (Å²) in [5.41, 5.74) is 4.96. The number of fused-ring (bicyclic) bond motifs is 3. The Morgan fingerprint density at radius 1 is 1.07 bits per heavy atom. The van der Waals surface area contributed by atoms with Crippen LogP contribution in [0.3, 0.4) is 0 Å². The van der Waals surface area contributed by atoms with E-state index in [2.05, 4.69) is 19.6 Å². The summed E-state index contributed by atoms with van der Waals surface area (Å²) in [6.45, 7) is 4.94. The Bertz CT molecular complexity index is 1470. The Morgan fingerprint density at radius 2 is 1.69 bits per heavy atom. The van der Waals surface area contributed by atoms with E-state index in [1.54, 1.807) is 25.1 Å². The molecule has 242 valence electrons. The Morgan fingerprint density at radius 3 is 2.31 bits per heavy atom. The van der Waals surface area contributed by atoms with E-state index in [1.807, 2.05) is 48.5 Å². The van der Waals surface area contributed by atoms with Crippen LogP contribution in [-0.2, 0) is 19.0 Å². The van der Waals surface area contributed by atoms with Crippen LogP contribution in [0, 0.1) is 5.92 Å². The lowest BCUT2D eigenvalue weighted by Gasteiger charge is -2.35. The summed E-state index contributed by atoms with van der Waals surface area (Å²) in [7, 11) is 1.61. The molecule has 5 rings (SSSR count). The first kappa shape index (κ1) is 32.9. The van der Waals surface area contributed by atoms with Crippen LogP contribution < -0.4 is 0 Å². The van der Waals surface area contributed by atoms with Gasteiger partial charge in [-0.2, -0.15) is 0 Å². The molecule has 0 spiro atoms. The van der Waals surface area contributed by atoms with Crippen molar-refractivity contribution in [3.63, 3.8) is 0 Å². The molecule has 0 radical (unpaired) electrons. The minimum Gasteiger partial charge on any atom is -0.433 e. The van der Waals surface area contributed by atoms with Crippen LogP contribution in [0.15, 0.2) is 60.3 Å². The number of benzene rings is 2. The van der Waals surface area contributed by atoms with Gasteiger partial charge >= 0.3 is 18.2 Å². The first-order chi connectivity index (χ1) is 21.3. The van der Waals surface area contributed by atoms with Crippen molar-refractivity contribution in [2.75, 3.05) is 46.2 Å². The number of urea groups is 1. The zero-order valence-corrected chi connectivity index (χ0v) is 27.2. The Hall–Kier alpha value is -3.43. The van der Waals surface area contributed by atoms with Crippen molar-refractivity contribution in [3.05, 3.63) is 71.4 Å². The van der Waals surface area contributed by atoms with Gasteiger partial charge in [0.2, 0.25) is 0 Å². The zero-order chi connectivity index (χ0) is 32.5. The fourth-order valence-electron chi connectivity index (χ4n) is 6.23. The number of carbonyl (C=O) groups is 3. The molecule has 1 saturated heterocycles. The summed E-state index contributed by atoms with van der Waals surface area (Å²) in [6, 6.07) is 15.7. The number of aliphatic hydroxyl groups is 2. The number of carbonyl (C=O) groups excluding carboxylic acids is 3. The summed E-state index contributed by atoms with van der Waals surface area (Å²) in [4.78, 5) is 41.1. The van der Waals surface area contributed by atoms with Crippen molar-refractivity contribution >= 4 is 31.3 Å². The lowest BCUT2D eigenvalue weighted by atomic mass is 9.98. The molecule has 0 bridgehead atoms. The molecule has 11 heteroatoms. The van der Waals surface area contributed by atoms with Crippen molar-refractivity contribution < 1.29 is 38.8 Å². The average Bonchev–Trinajstić information content (AvgIpc) is 3.48. The number of nitrogens with zero attached hydrogens (tertiary/aromatic N) is 2. The van der Waals surface area contributed by atoms with Crippen molar-refractivity contribution in [1.82, 2.24) is 9.80 Å². The number of aliphatic hydroxyl groups excluding tert-OH is 2. The third-order valence-corrected chi connectivity index (χ3v) is 10.3. The zero-order valence-electron chi connectivity index (χ0n) is 26.3. The van der Waals surface area contributed by atoms with Crippen LogP contribution in [-0.4, -0.2) is 115 Å². The maximum absolute atomic E-state index is 12.9. The van der Waals surface area contributed by atoms with Gasteiger partial charge in [0.05, 0.1) is 12.0 Å². The lowest BCUT2D eigenvalue weighted by Crippen LogP contribution is -2.48. The van der Waals surface area contributed by atoms with Crippen LogP contribution in [0.25, 0.3) is 11.1 Å². The molecular weight excluding hydrogens is 595 g/mol. The molecule has 0 saturated carbocycles. The van der Waals surface area contributed by atoms with E-state index >= 15 is 0 Å². The predicted molar refractivity (Wildman–Crippen MR) is 174 cm³/mol. The molecule has 1 aliphatic carbocycles. The highest BCUT2D eigenvalue weighted by Crippen LogP contribution is 2.44. The monoisotopic (exact) mass is 638 g/mol. The van der Waals surface area contributed by atoms with Gasteiger partial charge in [-0.3, -0.25) is 4.79 Å². The molecule has 2 aromatic rings. The first-order valence-electron chi connectivity index (χ1n) is 15.3. The van der Waals surface area contributed by atoms with Crippen molar-refractivity contribution in [1.29, 1.82) is 0 Å². The summed E-state index contributed by atoms with van der Waals surface area (Å²) < 4.78 is 16.5. The third kappa shape index (κ3) is 7.36. The van der Waals surface area contributed by atoms with Gasteiger partial charge in [-0.15, -0.1) is 13.2 Å². The van der Waals surface area contributed by atoms with E-state index < -0.39 is 49.3 Å². The van der Waals surface area contributed by atoms with E-state index in [-0.39, 0.29) is 38.1 Å². The van der Waals surface area contributed by atoms with Gasteiger partial charge in [0.1, 0.15) is 24.9 Å². The molecular formula is C34H43N2O8P. The molecule has 1 fully saturated rings. The normalized spacial score (nSPS) is 23.8. The Labute approximate surface area is 264 Å². The molecule has 2 N–H and O–H groups in total. The highest BCUT2D eigenvalue weighted by molar-refractivity contribution is 7.72. The second kappa shape index (κ2) is 13.5. The van der Waals surface area contributed by atoms with Crippen molar-refractivity contribution in [3.8, 4) is 11.1 Å². The number of amides is 2. The molecule has 10 nitrogen and oxygen atoms in total. The molecule has 0 aromatic heterocycles. The van der Waals surface area contributed by atoms with Gasteiger partial charge in [0, 0.05) is 32.3 Å². The van der Waals surface area contributed by atoms with Gasteiger partial charge in [0.15, 0.2) is 0 Å². The molecule has 2 aromatic carbocycles. The maximum atomic E-state index is 12.9. The fourth-order valence-corrected chi connectivity index (χ4v) is 7.19. The number of rotatable bonds is 10. The standard InChI is InChI=1S/C34H43N2O8P/c1-21(32(39)44-34(41)42-20-27-25-12-8-6-10-23(25)24-11-7-9-13-26(24)27)14-16-36-19-22(18-35(2)33(36)40)31-30(38)29(37)28(43-31)15-17-45(3,4)5/h6-13,18,21,27-31,37-38H,3,14-17,19-20H2,1-2,4-5H3/t21?,28?,29-,30-,31+/m1/s1. The Balaban J connectivity index is 1.12. The van der Waals surface area contributed by atoms with Crippen LogP contribution in [0.1, 0.15) is 36.8 Å². The molecule has 5 atom stereocenters. The average molecular weight is 639 g/mol. The van der Waals surface area contributed by atoms with Gasteiger partial charge in [-0.1, -0.05) is 55.5 Å². The van der Waals surface area contributed by atoms with Gasteiger partial charge < -0.3 is 34.2 Å². The van der Waals surface area contributed by atoms with E-state index in [9.17, 15) is 24.6 Å². The number of esters is 1. The van der Waals surface area contributed by atoms with Crippen molar-refractivity contribution in [2.45, 2.75) is 50.1 Å². The second-order valence-electron chi connectivity index (χ2n) is 12.9. The third-order valence-electron chi connectivity index (χ3n) is 8.80. The van der Waals surface area contributed by atoms with Crippen LogP contribution in [0.4, 0.5) is 9.59 Å². The fraction of sp³-hybridized carbons (Fsp3) is 0.471. The predicted octanol–water partition coefficient (Wildman–Crippen LogP) is 4.34. The smallest absolute Gasteiger partial charge is 0.433 e. The van der Waals surface area contributed by atoms with Crippen LogP contribution in [0.2, 0.25) is 0 Å². The van der Waals surface area contributed by atoms with Crippen LogP contribution >= 0.6 is 6.89 Å². The SMILES string of the molecule is C=P(C)(C)CCC1O[C@@H](C2=CN(C)C(=O)N(CCC(C)C(=O)OC(=O)OCC3c4ccccc4-c4ccccc43)C2)[C@H](O)[C@@H]1O. The van der Waals surface area contributed by atoms with Gasteiger partial charge in [-0.05, 0) is 60.2 Å². The van der Waals surface area contributed by atoms with Crippen molar-refractivity contribution in [2.24, 2.45) is 5.92 Å². The van der Waals surface area contributed by atoms with E-state index in [4.69, 9.17) is 14.2 Å². The second-order valence-corrected chi connectivity index (χ2v) is 17.3. The van der Waals surface area contributed by atoms with Crippen LogP contribution in [0.5, 0.6) is 0 Å². The maximum Gasteiger partial charge on any atom is 0.516 e. The van der Waals surface area contributed by atoms with E-state index in [0.717, 1.165) is 28.4 Å². The number of hydrogen-bond acceptors (Lipinski definition) is 8. The minimum atomic E-state index is -1.33. The highest BCUT2D eigenvalue weighted by Gasteiger charge is 2.45. The number of ether oxygens (including phenoxy) is 3. The van der Waals surface area contributed by atoms with Gasteiger partial charge in [-0.25, -0.2) is 9.59 Å². The van der Waals surface area contributed by atoms with E-state index in [1.165, 1.54) is 4.90 Å². The molecule has 45 heavy (non-hydrogen) atoms.